The SMILES string of the molecule is COc1cc(C[C@@H](C)O)c(-c2c3c(c(OC)c(OC)c2OC)[C@@H](c2ccc(F)cc2)O[C@H](C)C3)cc1OC. The molecule has 0 saturated carbocycles. The maximum absolute atomic E-state index is 13.8. The molecule has 1 aliphatic rings. The normalized spacial score (nSPS) is 17.4. The van der Waals surface area contributed by atoms with Crippen molar-refractivity contribution in [1.29, 1.82) is 0 Å². The van der Waals surface area contributed by atoms with Crippen LogP contribution in [0.2, 0.25) is 0 Å². The number of fused-ring (bicyclic) bond motifs is 1. The number of rotatable bonds is 9. The van der Waals surface area contributed by atoms with Gasteiger partial charge in [0.1, 0.15) is 11.9 Å². The summed E-state index contributed by atoms with van der Waals surface area (Å²) in [7, 11) is 7.88. The molecule has 3 aromatic carbocycles. The molecule has 0 radical (unpaired) electrons. The average Bonchev–Trinajstić information content (AvgIpc) is 2.91. The third-order valence-electron chi connectivity index (χ3n) is 6.81. The fourth-order valence-corrected chi connectivity index (χ4v) is 5.26. The third kappa shape index (κ3) is 4.98. The zero-order chi connectivity index (χ0) is 27.6. The van der Waals surface area contributed by atoms with Crippen LogP contribution in [0, 0.1) is 5.82 Å². The van der Waals surface area contributed by atoms with Gasteiger partial charge in [0.25, 0.3) is 0 Å². The van der Waals surface area contributed by atoms with Gasteiger partial charge in [-0.05, 0) is 73.2 Å². The van der Waals surface area contributed by atoms with E-state index in [1.807, 2.05) is 19.1 Å². The van der Waals surface area contributed by atoms with Gasteiger partial charge in [0, 0.05) is 11.1 Å². The summed E-state index contributed by atoms with van der Waals surface area (Å²) in [5.74, 6) is 2.16. The summed E-state index contributed by atoms with van der Waals surface area (Å²) in [6.45, 7) is 3.74. The molecule has 0 unspecified atom stereocenters. The van der Waals surface area contributed by atoms with Crippen molar-refractivity contribution < 1.29 is 37.9 Å². The lowest BCUT2D eigenvalue weighted by atomic mass is 9.82. The first-order valence-electron chi connectivity index (χ1n) is 12.5. The number of halogens is 1. The highest BCUT2D eigenvalue weighted by Crippen LogP contribution is 2.56. The largest absolute Gasteiger partial charge is 0.493 e. The van der Waals surface area contributed by atoms with Crippen molar-refractivity contribution in [2.45, 2.75) is 45.0 Å². The van der Waals surface area contributed by atoms with E-state index in [-0.39, 0.29) is 11.9 Å². The van der Waals surface area contributed by atoms with Crippen LogP contribution in [0.4, 0.5) is 4.39 Å². The van der Waals surface area contributed by atoms with E-state index >= 15 is 0 Å². The van der Waals surface area contributed by atoms with E-state index in [2.05, 4.69) is 0 Å². The Morgan fingerprint density at radius 2 is 1.50 bits per heavy atom. The molecule has 38 heavy (non-hydrogen) atoms. The van der Waals surface area contributed by atoms with Crippen molar-refractivity contribution in [3.05, 3.63) is 64.5 Å². The molecule has 0 aliphatic carbocycles. The van der Waals surface area contributed by atoms with Crippen molar-refractivity contribution in [2.75, 3.05) is 35.5 Å². The topological polar surface area (TPSA) is 75.6 Å². The summed E-state index contributed by atoms with van der Waals surface area (Å²) in [5.41, 5.74) is 4.97. The third-order valence-corrected chi connectivity index (χ3v) is 6.81. The van der Waals surface area contributed by atoms with E-state index in [0.29, 0.717) is 41.6 Å². The predicted molar refractivity (Wildman–Crippen MR) is 143 cm³/mol. The van der Waals surface area contributed by atoms with Crippen LogP contribution in [0.5, 0.6) is 28.7 Å². The number of methoxy groups -OCH3 is 5. The van der Waals surface area contributed by atoms with Gasteiger partial charge < -0.3 is 33.5 Å². The molecule has 4 rings (SSSR count). The quantitative estimate of drug-likeness (QED) is 0.394. The zero-order valence-electron chi connectivity index (χ0n) is 22.9. The van der Waals surface area contributed by atoms with Crippen LogP contribution >= 0.6 is 0 Å². The Labute approximate surface area is 223 Å². The first-order chi connectivity index (χ1) is 18.3. The van der Waals surface area contributed by atoms with Gasteiger partial charge >= 0.3 is 0 Å². The molecule has 1 N–H and O–H groups in total. The van der Waals surface area contributed by atoms with Crippen LogP contribution < -0.4 is 23.7 Å². The van der Waals surface area contributed by atoms with Crippen LogP contribution in [0.3, 0.4) is 0 Å². The number of ether oxygens (including phenoxy) is 6. The Bertz CT molecular complexity index is 1290. The molecule has 0 aromatic heterocycles. The molecule has 0 spiro atoms. The summed E-state index contributed by atoms with van der Waals surface area (Å²) in [6.07, 6.45) is -0.387. The molecule has 0 amide bonds. The van der Waals surface area contributed by atoms with Crippen molar-refractivity contribution in [3.8, 4) is 39.9 Å². The van der Waals surface area contributed by atoms with Crippen molar-refractivity contribution in [1.82, 2.24) is 0 Å². The number of hydrogen-bond acceptors (Lipinski definition) is 7. The maximum atomic E-state index is 13.8. The van der Waals surface area contributed by atoms with Gasteiger partial charge in [0.15, 0.2) is 23.0 Å². The highest BCUT2D eigenvalue weighted by Gasteiger charge is 2.37. The van der Waals surface area contributed by atoms with Crippen LogP contribution in [-0.4, -0.2) is 52.9 Å². The summed E-state index contributed by atoms with van der Waals surface area (Å²) >= 11 is 0. The van der Waals surface area contributed by atoms with Crippen molar-refractivity contribution in [3.63, 3.8) is 0 Å². The summed E-state index contributed by atoms with van der Waals surface area (Å²) in [5, 5.41) is 10.4. The second kappa shape index (κ2) is 11.5. The summed E-state index contributed by atoms with van der Waals surface area (Å²) in [6, 6.07) is 10.0. The Morgan fingerprint density at radius 1 is 0.895 bits per heavy atom. The molecule has 8 heteroatoms. The minimum atomic E-state index is -0.608. The molecule has 0 bridgehead atoms. The lowest BCUT2D eigenvalue weighted by molar-refractivity contribution is 0.00573. The fourth-order valence-electron chi connectivity index (χ4n) is 5.26. The van der Waals surface area contributed by atoms with Gasteiger partial charge in [-0.3, -0.25) is 0 Å². The lowest BCUT2D eigenvalue weighted by Crippen LogP contribution is -2.26. The molecule has 204 valence electrons. The minimum absolute atomic E-state index is 0.167. The molecule has 0 saturated heterocycles. The van der Waals surface area contributed by atoms with Gasteiger partial charge in [0.05, 0.1) is 47.8 Å². The average molecular weight is 527 g/mol. The minimum Gasteiger partial charge on any atom is -0.493 e. The van der Waals surface area contributed by atoms with E-state index in [9.17, 15) is 9.50 Å². The van der Waals surface area contributed by atoms with Gasteiger partial charge in [-0.15, -0.1) is 0 Å². The van der Waals surface area contributed by atoms with E-state index in [1.165, 1.54) is 12.1 Å². The Balaban J connectivity index is 2.14. The molecule has 3 aromatic rings. The predicted octanol–water partition coefficient (Wildman–Crippen LogP) is 5.51. The molecule has 7 nitrogen and oxygen atoms in total. The lowest BCUT2D eigenvalue weighted by Gasteiger charge is -2.35. The Hall–Kier alpha value is -3.49. The van der Waals surface area contributed by atoms with E-state index in [0.717, 1.165) is 33.4 Å². The van der Waals surface area contributed by atoms with Gasteiger partial charge in [-0.25, -0.2) is 4.39 Å². The number of benzene rings is 3. The van der Waals surface area contributed by atoms with Gasteiger partial charge in [-0.2, -0.15) is 0 Å². The van der Waals surface area contributed by atoms with Crippen LogP contribution in [0.25, 0.3) is 11.1 Å². The van der Waals surface area contributed by atoms with E-state index in [4.69, 9.17) is 28.4 Å². The zero-order valence-corrected chi connectivity index (χ0v) is 22.9. The smallest absolute Gasteiger partial charge is 0.204 e. The second-order valence-corrected chi connectivity index (χ2v) is 9.37. The molecule has 1 heterocycles. The summed E-state index contributed by atoms with van der Waals surface area (Å²) in [4.78, 5) is 0. The Morgan fingerprint density at radius 3 is 2.05 bits per heavy atom. The van der Waals surface area contributed by atoms with Crippen LogP contribution in [0.1, 0.15) is 42.2 Å². The first kappa shape index (κ1) is 27.5. The fraction of sp³-hybridized carbons (Fsp3) is 0.400. The number of aliphatic hydroxyl groups is 1. The summed E-state index contributed by atoms with van der Waals surface area (Å²) < 4.78 is 49.2. The molecule has 0 fully saturated rings. The van der Waals surface area contributed by atoms with E-state index < -0.39 is 12.2 Å². The van der Waals surface area contributed by atoms with Crippen LogP contribution in [-0.2, 0) is 17.6 Å². The molecule has 1 aliphatic heterocycles. The van der Waals surface area contributed by atoms with Crippen molar-refractivity contribution in [2.24, 2.45) is 0 Å². The standard InChI is InChI=1S/C30H35FO7/c1-16(32)12-19-14-23(33-3)24(34-4)15-21(19)25-22-13-17(2)38-27(18-8-10-20(31)11-9-18)26(22)29(36-6)30(37-7)28(25)35-5/h8-11,14-17,27,32H,12-13H2,1-7H3/t16-,17-,27-/m1/s1. The molecular formula is C30H35FO7. The maximum Gasteiger partial charge on any atom is 0.204 e. The highest BCUT2D eigenvalue weighted by molar-refractivity contribution is 5.85. The Kier molecular flexibility index (Phi) is 8.33. The first-order valence-corrected chi connectivity index (χ1v) is 12.5. The molecular weight excluding hydrogens is 491 g/mol. The van der Waals surface area contributed by atoms with Crippen molar-refractivity contribution >= 4 is 0 Å². The number of aliphatic hydroxyl groups excluding tert-OH is 1. The van der Waals surface area contributed by atoms with Crippen LogP contribution in [0.15, 0.2) is 36.4 Å². The molecule has 3 atom stereocenters. The van der Waals surface area contributed by atoms with E-state index in [1.54, 1.807) is 54.6 Å². The van der Waals surface area contributed by atoms with Gasteiger partial charge in [-0.1, -0.05) is 12.1 Å². The highest BCUT2D eigenvalue weighted by atomic mass is 19.1. The van der Waals surface area contributed by atoms with Gasteiger partial charge in [0.2, 0.25) is 5.75 Å². The second-order valence-electron chi connectivity index (χ2n) is 9.37. The monoisotopic (exact) mass is 526 g/mol. The number of hydrogen-bond donors (Lipinski definition) is 1.